The van der Waals surface area contributed by atoms with E-state index >= 15 is 0 Å². The number of methoxy groups -OCH3 is 1. The van der Waals surface area contributed by atoms with E-state index in [1.807, 2.05) is 32.0 Å². The highest BCUT2D eigenvalue weighted by Crippen LogP contribution is 2.27. The zero-order chi connectivity index (χ0) is 11.7. The number of hydrogen-bond donors (Lipinski definition) is 1. The molecule has 0 aliphatic carbocycles. The molecule has 0 bridgehead atoms. The number of nitrogens with zero attached hydrogens (tertiary/aromatic N) is 2. The lowest BCUT2D eigenvalue weighted by molar-refractivity contribution is 0.418. The van der Waals surface area contributed by atoms with Crippen molar-refractivity contribution in [3.05, 3.63) is 29.7 Å². The zero-order valence-corrected chi connectivity index (χ0v) is 9.69. The Morgan fingerprint density at radius 1 is 1.31 bits per heavy atom. The maximum atomic E-state index is 5.91. The Morgan fingerprint density at radius 3 is 2.69 bits per heavy atom. The van der Waals surface area contributed by atoms with Crippen molar-refractivity contribution in [1.29, 1.82) is 0 Å². The van der Waals surface area contributed by atoms with E-state index in [2.05, 4.69) is 9.97 Å². The van der Waals surface area contributed by atoms with Crippen LogP contribution in [0, 0.1) is 6.92 Å². The summed E-state index contributed by atoms with van der Waals surface area (Å²) in [5.41, 5.74) is 7.60. The number of benzene rings is 1. The lowest BCUT2D eigenvalue weighted by Gasteiger charge is -2.11. The summed E-state index contributed by atoms with van der Waals surface area (Å²) in [5.74, 6) is 1.47. The SMILES string of the molecule is COc1cccc2c(C(C)N)nc(C)nc12. The molecular formula is C12H15N3O. The highest BCUT2D eigenvalue weighted by molar-refractivity contribution is 5.86. The van der Waals surface area contributed by atoms with Gasteiger partial charge in [0.2, 0.25) is 0 Å². The molecule has 4 nitrogen and oxygen atoms in total. The monoisotopic (exact) mass is 217 g/mol. The van der Waals surface area contributed by atoms with E-state index < -0.39 is 0 Å². The molecule has 2 rings (SSSR count). The summed E-state index contributed by atoms with van der Waals surface area (Å²) < 4.78 is 5.29. The summed E-state index contributed by atoms with van der Waals surface area (Å²) in [6.07, 6.45) is 0. The number of nitrogens with two attached hydrogens (primary N) is 1. The van der Waals surface area contributed by atoms with Crippen LogP contribution in [0.25, 0.3) is 10.9 Å². The number of rotatable bonds is 2. The van der Waals surface area contributed by atoms with Crippen LogP contribution in [0.5, 0.6) is 5.75 Å². The summed E-state index contributed by atoms with van der Waals surface area (Å²) in [5, 5.41) is 0.958. The van der Waals surface area contributed by atoms with E-state index in [9.17, 15) is 0 Å². The molecule has 16 heavy (non-hydrogen) atoms. The van der Waals surface area contributed by atoms with Crippen LogP contribution in [0.15, 0.2) is 18.2 Å². The standard InChI is InChI=1S/C12H15N3O/c1-7(13)11-9-5-4-6-10(16-3)12(9)15-8(2)14-11/h4-7H,13H2,1-3H3. The van der Waals surface area contributed by atoms with Crippen LogP contribution in [0.3, 0.4) is 0 Å². The number of para-hydroxylation sites is 1. The van der Waals surface area contributed by atoms with Crippen molar-refractivity contribution in [2.75, 3.05) is 7.11 Å². The van der Waals surface area contributed by atoms with Crippen LogP contribution >= 0.6 is 0 Å². The lowest BCUT2D eigenvalue weighted by atomic mass is 10.1. The van der Waals surface area contributed by atoms with E-state index in [-0.39, 0.29) is 6.04 Å². The van der Waals surface area contributed by atoms with Crippen LogP contribution < -0.4 is 10.5 Å². The fourth-order valence-electron chi connectivity index (χ4n) is 1.78. The first-order valence-electron chi connectivity index (χ1n) is 5.20. The smallest absolute Gasteiger partial charge is 0.145 e. The molecule has 1 heterocycles. The van der Waals surface area contributed by atoms with Gasteiger partial charge in [-0.15, -0.1) is 0 Å². The fourth-order valence-corrected chi connectivity index (χ4v) is 1.78. The molecule has 0 amide bonds. The first kappa shape index (κ1) is 10.8. The minimum Gasteiger partial charge on any atom is -0.494 e. The largest absolute Gasteiger partial charge is 0.494 e. The minimum absolute atomic E-state index is 0.115. The molecular weight excluding hydrogens is 202 g/mol. The van der Waals surface area contributed by atoms with Crippen molar-refractivity contribution in [2.45, 2.75) is 19.9 Å². The van der Waals surface area contributed by atoms with Gasteiger partial charge in [-0.25, -0.2) is 9.97 Å². The molecule has 0 saturated heterocycles. The van der Waals surface area contributed by atoms with Gasteiger partial charge in [-0.2, -0.15) is 0 Å². The number of fused-ring (bicyclic) bond motifs is 1. The van der Waals surface area contributed by atoms with E-state index in [0.717, 1.165) is 22.3 Å². The molecule has 0 saturated carbocycles. The van der Waals surface area contributed by atoms with Gasteiger partial charge in [0.1, 0.15) is 17.1 Å². The third-order valence-corrected chi connectivity index (χ3v) is 2.48. The third kappa shape index (κ3) is 1.72. The average Bonchev–Trinajstić information content (AvgIpc) is 2.27. The molecule has 2 aromatic rings. The molecule has 1 aromatic heterocycles. The summed E-state index contributed by atoms with van der Waals surface area (Å²) >= 11 is 0. The zero-order valence-electron chi connectivity index (χ0n) is 9.69. The molecule has 0 spiro atoms. The van der Waals surface area contributed by atoms with Gasteiger partial charge in [0, 0.05) is 11.4 Å². The van der Waals surface area contributed by atoms with Gasteiger partial charge < -0.3 is 10.5 Å². The topological polar surface area (TPSA) is 61.0 Å². The fraction of sp³-hybridized carbons (Fsp3) is 0.333. The first-order valence-corrected chi connectivity index (χ1v) is 5.20. The predicted octanol–water partition coefficient (Wildman–Crippen LogP) is 1.97. The van der Waals surface area contributed by atoms with Crippen molar-refractivity contribution in [3.63, 3.8) is 0 Å². The summed E-state index contributed by atoms with van der Waals surface area (Å²) in [4.78, 5) is 8.78. The van der Waals surface area contributed by atoms with Gasteiger partial charge in [0.25, 0.3) is 0 Å². The van der Waals surface area contributed by atoms with Crippen LogP contribution in [-0.4, -0.2) is 17.1 Å². The van der Waals surface area contributed by atoms with Crippen molar-refractivity contribution in [3.8, 4) is 5.75 Å². The average molecular weight is 217 g/mol. The molecule has 1 aromatic carbocycles. The quantitative estimate of drug-likeness (QED) is 0.835. The van der Waals surface area contributed by atoms with Gasteiger partial charge in [-0.1, -0.05) is 12.1 Å². The molecule has 4 heteroatoms. The van der Waals surface area contributed by atoms with Crippen LogP contribution in [0.1, 0.15) is 24.5 Å². The van der Waals surface area contributed by atoms with Crippen LogP contribution in [-0.2, 0) is 0 Å². The van der Waals surface area contributed by atoms with Gasteiger partial charge in [0.05, 0.1) is 12.8 Å². The summed E-state index contributed by atoms with van der Waals surface area (Å²) in [7, 11) is 1.64. The molecule has 1 unspecified atom stereocenters. The molecule has 2 N–H and O–H groups in total. The first-order chi connectivity index (χ1) is 7.63. The van der Waals surface area contributed by atoms with E-state index in [1.165, 1.54) is 0 Å². The van der Waals surface area contributed by atoms with Gasteiger partial charge in [0.15, 0.2) is 0 Å². The summed E-state index contributed by atoms with van der Waals surface area (Å²) in [6, 6.07) is 5.66. The van der Waals surface area contributed by atoms with E-state index in [4.69, 9.17) is 10.5 Å². The molecule has 0 radical (unpaired) electrons. The number of ether oxygens (including phenoxy) is 1. The maximum absolute atomic E-state index is 5.91. The Kier molecular flexibility index (Phi) is 2.75. The second-order valence-electron chi connectivity index (χ2n) is 3.80. The number of aryl methyl sites for hydroxylation is 1. The van der Waals surface area contributed by atoms with Crippen LogP contribution in [0.2, 0.25) is 0 Å². The van der Waals surface area contributed by atoms with Crippen molar-refractivity contribution < 1.29 is 4.74 Å². The minimum atomic E-state index is -0.115. The van der Waals surface area contributed by atoms with Crippen LogP contribution in [0.4, 0.5) is 0 Å². The Hall–Kier alpha value is -1.68. The third-order valence-electron chi connectivity index (χ3n) is 2.48. The van der Waals surface area contributed by atoms with Gasteiger partial charge in [-0.05, 0) is 19.9 Å². The van der Waals surface area contributed by atoms with Crippen molar-refractivity contribution in [1.82, 2.24) is 9.97 Å². The molecule has 0 aliphatic rings. The normalized spacial score (nSPS) is 12.8. The van der Waals surface area contributed by atoms with Crippen molar-refractivity contribution in [2.24, 2.45) is 5.73 Å². The van der Waals surface area contributed by atoms with E-state index in [0.29, 0.717) is 5.82 Å². The summed E-state index contributed by atoms with van der Waals surface area (Å²) in [6.45, 7) is 3.78. The van der Waals surface area contributed by atoms with E-state index in [1.54, 1.807) is 7.11 Å². The number of aromatic nitrogens is 2. The van der Waals surface area contributed by atoms with Crippen molar-refractivity contribution >= 4 is 10.9 Å². The molecule has 0 aliphatic heterocycles. The highest BCUT2D eigenvalue weighted by Gasteiger charge is 2.12. The second kappa shape index (κ2) is 4.06. The van der Waals surface area contributed by atoms with Gasteiger partial charge in [-0.3, -0.25) is 0 Å². The molecule has 0 fully saturated rings. The molecule has 84 valence electrons. The molecule has 1 atom stereocenters. The Bertz CT molecular complexity index is 523. The highest BCUT2D eigenvalue weighted by atomic mass is 16.5. The second-order valence-corrected chi connectivity index (χ2v) is 3.80. The van der Waals surface area contributed by atoms with Gasteiger partial charge >= 0.3 is 0 Å². The number of hydrogen-bond acceptors (Lipinski definition) is 4. The predicted molar refractivity (Wildman–Crippen MR) is 63.4 cm³/mol. The maximum Gasteiger partial charge on any atom is 0.145 e. The Morgan fingerprint density at radius 2 is 2.06 bits per heavy atom. The lowest BCUT2D eigenvalue weighted by Crippen LogP contribution is -2.10. The Balaban J connectivity index is 2.83. The Labute approximate surface area is 94.5 Å².